The molecule has 0 aliphatic carbocycles. The van der Waals surface area contributed by atoms with Crippen LogP contribution < -0.4 is 9.64 Å². The molecule has 2 aromatic rings. The normalized spacial score (nSPS) is 14.7. The summed E-state index contributed by atoms with van der Waals surface area (Å²) in [6.45, 7) is 5.60. The van der Waals surface area contributed by atoms with Crippen LogP contribution >= 0.6 is 0 Å². The third kappa shape index (κ3) is 3.96. The van der Waals surface area contributed by atoms with Gasteiger partial charge in [-0.05, 0) is 48.1 Å². The number of nitriles is 1. The monoisotopic (exact) mass is 366 g/mol. The standard InChI is InChI=1S/C22H23FN2O2/c1-15(17-3-4-19(14-26)21(23)11-17)16-7-9-25(10-8-16)20-6-5-18(13-24)22(12-20)27-2/h3-6,11-12,16,26H,1,7-10,14H2,2H3. The molecule has 140 valence electrons. The van der Waals surface area contributed by atoms with Crippen molar-refractivity contribution in [1.29, 1.82) is 5.26 Å². The second-order valence-electron chi connectivity index (χ2n) is 6.75. The van der Waals surface area contributed by atoms with Crippen molar-refractivity contribution < 1.29 is 14.2 Å². The van der Waals surface area contributed by atoms with Gasteiger partial charge in [-0.15, -0.1) is 0 Å². The van der Waals surface area contributed by atoms with E-state index in [0.29, 0.717) is 22.8 Å². The maximum atomic E-state index is 14.0. The second-order valence-corrected chi connectivity index (χ2v) is 6.75. The first-order valence-electron chi connectivity index (χ1n) is 8.99. The van der Waals surface area contributed by atoms with Gasteiger partial charge in [-0.25, -0.2) is 4.39 Å². The number of ether oxygens (including phenoxy) is 1. The molecule has 5 heteroatoms. The highest BCUT2D eigenvalue weighted by atomic mass is 19.1. The van der Waals surface area contributed by atoms with Gasteiger partial charge < -0.3 is 14.7 Å². The van der Waals surface area contributed by atoms with Gasteiger partial charge in [-0.1, -0.05) is 18.7 Å². The van der Waals surface area contributed by atoms with E-state index in [-0.39, 0.29) is 6.61 Å². The molecular formula is C22H23FN2O2. The van der Waals surface area contributed by atoms with Crippen molar-refractivity contribution in [3.8, 4) is 11.8 Å². The molecule has 0 saturated carbocycles. The lowest BCUT2D eigenvalue weighted by Gasteiger charge is -2.34. The van der Waals surface area contributed by atoms with Crippen LogP contribution in [0.2, 0.25) is 0 Å². The molecule has 0 spiro atoms. The van der Waals surface area contributed by atoms with Gasteiger partial charge in [-0.3, -0.25) is 0 Å². The molecule has 0 radical (unpaired) electrons. The smallest absolute Gasteiger partial charge is 0.138 e. The highest BCUT2D eigenvalue weighted by Crippen LogP contribution is 2.34. The van der Waals surface area contributed by atoms with E-state index in [1.165, 1.54) is 6.07 Å². The molecule has 0 bridgehead atoms. The summed E-state index contributed by atoms with van der Waals surface area (Å²) in [4.78, 5) is 2.27. The minimum absolute atomic E-state index is 0.293. The summed E-state index contributed by atoms with van der Waals surface area (Å²) in [5, 5.41) is 18.2. The zero-order chi connectivity index (χ0) is 19.4. The molecule has 0 unspecified atom stereocenters. The van der Waals surface area contributed by atoms with Gasteiger partial charge in [0.05, 0.1) is 19.3 Å². The summed E-state index contributed by atoms with van der Waals surface area (Å²) in [5.74, 6) is 0.486. The number of piperidine rings is 1. The van der Waals surface area contributed by atoms with Crippen molar-refractivity contribution in [2.24, 2.45) is 5.92 Å². The van der Waals surface area contributed by atoms with E-state index in [0.717, 1.165) is 42.8 Å². The Bertz CT molecular complexity index is 880. The molecule has 1 aliphatic rings. The van der Waals surface area contributed by atoms with Crippen molar-refractivity contribution in [2.75, 3.05) is 25.1 Å². The van der Waals surface area contributed by atoms with E-state index < -0.39 is 5.82 Å². The fourth-order valence-corrected chi connectivity index (χ4v) is 3.57. The van der Waals surface area contributed by atoms with Gasteiger partial charge in [0.2, 0.25) is 0 Å². The molecule has 3 rings (SSSR count). The molecule has 1 fully saturated rings. The molecule has 1 N–H and O–H groups in total. The number of nitrogens with zero attached hydrogens (tertiary/aromatic N) is 2. The van der Waals surface area contributed by atoms with Gasteiger partial charge >= 0.3 is 0 Å². The maximum absolute atomic E-state index is 14.0. The number of methoxy groups -OCH3 is 1. The quantitative estimate of drug-likeness (QED) is 0.864. The molecule has 0 atom stereocenters. The predicted molar refractivity (Wildman–Crippen MR) is 104 cm³/mol. The molecule has 0 aromatic heterocycles. The Labute approximate surface area is 159 Å². The lowest BCUT2D eigenvalue weighted by molar-refractivity contribution is 0.275. The van der Waals surface area contributed by atoms with Gasteiger partial charge in [0.15, 0.2) is 0 Å². The third-order valence-electron chi connectivity index (χ3n) is 5.25. The Kier molecular flexibility index (Phi) is 5.78. The van der Waals surface area contributed by atoms with E-state index >= 15 is 0 Å². The van der Waals surface area contributed by atoms with Crippen LogP contribution in [-0.4, -0.2) is 25.3 Å². The first-order valence-corrected chi connectivity index (χ1v) is 8.99. The molecule has 27 heavy (non-hydrogen) atoms. The van der Waals surface area contributed by atoms with Gasteiger partial charge in [-0.2, -0.15) is 5.26 Å². The number of hydrogen-bond acceptors (Lipinski definition) is 4. The van der Waals surface area contributed by atoms with Crippen LogP contribution in [0, 0.1) is 23.1 Å². The molecular weight excluding hydrogens is 343 g/mol. The molecule has 2 aromatic carbocycles. The zero-order valence-electron chi connectivity index (χ0n) is 15.4. The number of allylic oxidation sites excluding steroid dienone is 1. The van der Waals surface area contributed by atoms with Gasteiger partial charge in [0, 0.05) is 30.4 Å². The Hall–Kier alpha value is -2.84. The molecule has 4 nitrogen and oxygen atoms in total. The summed E-state index contributed by atoms with van der Waals surface area (Å²) >= 11 is 0. The first kappa shape index (κ1) is 18.9. The largest absolute Gasteiger partial charge is 0.495 e. The minimum atomic E-state index is -0.390. The maximum Gasteiger partial charge on any atom is 0.138 e. The first-order chi connectivity index (χ1) is 13.1. The van der Waals surface area contributed by atoms with E-state index in [2.05, 4.69) is 17.5 Å². The molecule has 1 aliphatic heterocycles. The minimum Gasteiger partial charge on any atom is -0.495 e. The number of benzene rings is 2. The lowest BCUT2D eigenvalue weighted by atomic mass is 9.85. The van der Waals surface area contributed by atoms with Crippen LogP contribution in [0.1, 0.15) is 29.5 Å². The lowest BCUT2D eigenvalue weighted by Crippen LogP contribution is -2.33. The molecule has 0 amide bonds. The number of aliphatic hydroxyl groups excluding tert-OH is 1. The molecule has 1 saturated heterocycles. The third-order valence-corrected chi connectivity index (χ3v) is 5.25. The Morgan fingerprint density at radius 2 is 2.04 bits per heavy atom. The van der Waals surface area contributed by atoms with Crippen LogP contribution in [0.3, 0.4) is 0 Å². The average molecular weight is 366 g/mol. The highest BCUT2D eigenvalue weighted by Gasteiger charge is 2.23. The van der Waals surface area contributed by atoms with E-state index in [1.807, 2.05) is 18.2 Å². The second kappa shape index (κ2) is 8.24. The Morgan fingerprint density at radius 1 is 1.30 bits per heavy atom. The summed E-state index contributed by atoms with van der Waals surface area (Å²) in [6.07, 6.45) is 1.84. The number of hydrogen-bond donors (Lipinski definition) is 1. The summed E-state index contributed by atoms with van der Waals surface area (Å²) < 4.78 is 19.2. The SMILES string of the molecule is C=C(c1ccc(CO)c(F)c1)C1CCN(c2ccc(C#N)c(OC)c2)CC1. The van der Waals surface area contributed by atoms with E-state index in [1.54, 1.807) is 19.2 Å². The zero-order valence-corrected chi connectivity index (χ0v) is 15.4. The van der Waals surface area contributed by atoms with Crippen LogP contribution in [0.25, 0.3) is 5.57 Å². The number of aliphatic hydroxyl groups is 1. The fraction of sp³-hybridized carbons (Fsp3) is 0.318. The van der Waals surface area contributed by atoms with Crippen LogP contribution in [-0.2, 0) is 6.61 Å². The summed E-state index contributed by atoms with van der Waals surface area (Å²) in [7, 11) is 1.57. The van der Waals surface area contributed by atoms with Crippen molar-refractivity contribution in [3.63, 3.8) is 0 Å². The topological polar surface area (TPSA) is 56.5 Å². The number of rotatable bonds is 5. The highest BCUT2D eigenvalue weighted by molar-refractivity contribution is 5.66. The summed E-state index contributed by atoms with van der Waals surface area (Å²) in [5.41, 5.74) is 3.60. The van der Waals surface area contributed by atoms with E-state index in [4.69, 9.17) is 15.1 Å². The van der Waals surface area contributed by atoms with E-state index in [9.17, 15) is 4.39 Å². The van der Waals surface area contributed by atoms with Crippen molar-refractivity contribution in [1.82, 2.24) is 0 Å². The average Bonchev–Trinajstić information content (AvgIpc) is 2.72. The Balaban J connectivity index is 1.67. The van der Waals surface area contributed by atoms with Crippen molar-refractivity contribution in [2.45, 2.75) is 19.4 Å². The van der Waals surface area contributed by atoms with Crippen molar-refractivity contribution in [3.05, 3.63) is 65.5 Å². The number of anilines is 1. The fourth-order valence-electron chi connectivity index (χ4n) is 3.57. The van der Waals surface area contributed by atoms with Crippen LogP contribution in [0.5, 0.6) is 5.75 Å². The van der Waals surface area contributed by atoms with Crippen molar-refractivity contribution >= 4 is 11.3 Å². The van der Waals surface area contributed by atoms with Crippen LogP contribution in [0.4, 0.5) is 10.1 Å². The number of halogens is 1. The predicted octanol–water partition coefficient (Wildman–Crippen LogP) is 4.13. The van der Waals surface area contributed by atoms with Crippen LogP contribution in [0.15, 0.2) is 43.0 Å². The summed E-state index contributed by atoms with van der Waals surface area (Å²) in [6, 6.07) is 12.7. The van der Waals surface area contributed by atoms with Gasteiger partial charge in [0.1, 0.15) is 17.6 Å². The Morgan fingerprint density at radius 3 is 2.63 bits per heavy atom. The molecule has 1 heterocycles. The van der Waals surface area contributed by atoms with Gasteiger partial charge in [0.25, 0.3) is 0 Å².